The van der Waals surface area contributed by atoms with Crippen molar-refractivity contribution >= 4 is 0 Å². The molecule has 106 valence electrons. The van der Waals surface area contributed by atoms with Crippen LogP contribution in [0.4, 0.5) is 0 Å². The van der Waals surface area contributed by atoms with Gasteiger partial charge in [0.15, 0.2) is 0 Å². The molecule has 2 heterocycles. The Kier molecular flexibility index (Phi) is 5.38. The zero-order valence-corrected chi connectivity index (χ0v) is 11.7. The Hall–Kier alpha value is -0.200. The molecule has 0 amide bonds. The minimum Gasteiger partial charge on any atom is -0.379 e. The van der Waals surface area contributed by atoms with Crippen LogP contribution in [0.1, 0.15) is 26.2 Å². The van der Waals surface area contributed by atoms with Crippen LogP contribution in [0.5, 0.6) is 0 Å². The predicted octanol–water partition coefficient (Wildman–Crippen LogP) is 0.0265. The monoisotopic (exact) mass is 256 g/mol. The summed E-state index contributed by atoms with van der Waals surface area (Å²) < 4.78 is 5.39. The zero-order chi connectivity index (χ0) is 12.8. The molecule has 0 bridgehead atoms. The predicted molar refractivity (Wildman–Crippen MR) is 73.3 cm³/mol. The van der Waals surface area contributed by atoms with Gasteiger partial charge in [0.1, 0.15) is 0 Å². The maximum atomic E-state index is 6.07. The van der Waals surface area contributed by atoms with Gasteiger partial charge in [0.05, 0.1) is 13.2 Å². The van der Waals surface area contributed by atoms with Crippen LogP contribution in [0.2, 0.25) is 0 Å². The topological polar surface area (TPSA) is 53.8 Å². The molecular formula is C13H28N4O. The zero-order valence-electron chi connectivity index (χ0n) is 11.7. The lowest BCUT2D eigenvalue weighted by Crippen LogP contribution is -2.60. The highest BCUT2D eigenvalue weighted by molar-refractivity contribution is 4.91. The average molecular weight is 256 g/mol. The molecular weight excluding hydrogens is 228 g/mol. The van der Waals surface area contributed by atoms with Gasteiger partial charge < -0.3 is 15.4 Å². The third kappa shape index (κ3) is 3.65. The van der Waals surface area contributed by atoms with Gasteiger partial charge in [0.25, 0.3) is 0 Å². The smallest absolute Gasteiger partial charge is 0.0608 e. The van der Waals surface area contributed by atoms with E-state index in [0.717, 1.165) is 52.4 Å². The van der Waals surface area contributed by atoms with E-state index < -0.39 is 0 Å². The molecule has 0 saturated carbocycles. The summed E-state index contributed by atoms with van der Waals surface area (Å²) in [4.78, 5) is 2.53. The second-order valence-corrected chi connectivity index (χ2v) is 5.48. The van der Waals surface area contributed by atoms with Crippen molar-refractivity contribution in [3.63, 3.8) is 0 Å². The van der Waals surface area contributed by atoms with E-state index in [9.17, 15) is 0 Å². The Morgan fingerprint density at radius 3 is 2.61 bits per heavy atom. The Morgan fingerprint density at radius 2 is 1.94 bits per heavy atom. The molecule has 0 radical (unpaired) electrons. The fourth-order valence-electron chi connectivity index (χ4n) is 2.94. The number of morpholine rings is 1. The van der Waals surface area contributed by atoms with E-state index in [-0.39, 0.29) is 5.54 Å². The Labute approximate surface area is 111 Å². The molecule has 3 N–H and O–H groups in total. The second-order valence-electron chi connectivity index (χ2n) is 5.48. The van der Waals surface area contributed by atoms with Crippen LogP contribution in [0.25, 0.3) is 0 Å². The third-order valence-corrected chi connectivity index (χ3v) is 4.28. The summed E-state index contributed by atoms with van der Waals surface area (Å²) in [5, 5.41) is 2.30. The standard InChI is InChI=1S/C13H28N4O/c1-2-16-6-3-4-13(12-14,5-7-16)15-17-8-10-18-11-9-17/h15H,2-12,14H2,1H3. The molecule has 5 nitrogen and oxygen atoms in total. The molecule has 18 heavy (non-hydrogen) atoms. The molecule has 0 aromatic heterocycles. The van der Waals surface area contributed by atoms with Crippen molar-refractivity contribution in [2.24, 2.45) is 5.73 Å². The van der Waals surface area contributed by atoms with Gasteiger partial charge in [-0.2, -0.15) is 0 Å². The van der Waals surface area contributed by atoms with Crippen LogP contribution >= 0.6 is 0 Å². The maximum Gasteiger partial charge on any atom is 0.0608 e. The molecule has 0 aromatic carbocycles. The van der Waals surface area contributed by atoms with E-state index in [1.54, 1.807) is 0 Å². The minimum atomic E-state index is 0.0985. The summed E-state index contributed by atoms with van der Waals surface area (Å²) in [6.07, 6.45) is 3.56. The summed E-state index contributed by atoms with van der Waals surface area (Å²) in [7, 11) is 0. The minimum absolute atomic E-state index is 0.0985. The van der Waals surface area contributed by atoms with Gasteiger partial charge in [0.2, 0.25) is 0 Å². The molecule has 1 unspecified atom stereocenters. The van der Waals surface area contributed by atoms with Crippen LogP contribution in [0, 0.1) is 0 Å². The number of hydrogen-bond acceptors (Lipinski definition) is 5. The number of likely N-dealkylation sites (tertiary alicyclic amines) is 1. The number of nitrogens with zero attached hydrogens (tertiary/aromatic N) is 2. The summed E-state index contributed by atoms with van der Waals surface area (Å²) >= 11 is 0. The van der Waals surface area contributed by atoms with Gasteiger partial charge in [-0.3, -0.25) is 0 Å². The number of hydrazine groups is 1. The average Bonchev–Trinajstić information content (AvgIpc) is 2.63. The summed E-state index contributed by atoms with van der Waals surface area (Å²) in [6, 6.07) is 0. The fraction of sp³-hybridized carbons (Fsp3) is 1.00. The molecule has 2 fully saturated rings. The van der Waals surface area contributed by atoms with Crippen LogP contribution < -0.4 is 11.2 Å². The molecule has 2 saturated heterocycles. The van der Waals surface area contributed by atoms with Crippen molar-refractivity contribution in [3.8, 4) is 0 Å². The largest absolute Gasteiger partial charge is 0.379 e. The first-order chi connectivity index (χ1) is 8.78. The maximum absolute atomic E-state index is 6.07. The fourth-order valence-corrected chi connectivity index (χ4v) is 2.94. The first-order valence-electron chi connectivity index (χ1n) is 7.31. The number of ether oxygens (including phenoxy) is 1. The third-order valence-electron chi connectivity index (χ3n) is 4.28. The first-order valence-corrected chi connectivity index (χ1v) is 7.31. The summed E-state index contributed by atoms with van der Waals surface area (Å²) in [5.74, 6) is 0. The van der Waals surface area contributed by atoms with Crippen molar-refractivity contribution in [2.45, 2.75) is 31.7 Å². The highest BCUT2D eigenvalue weighted by atomic mass is 16.5. The highest BCUT2D eigenvalue weighted by Gasteiger charge is 2.33. The molecule has 2 rings (SSSR count). The Morgan fingerprint density at radius 1 is 1.17 bits per heavy atom. The SMILES string of the molecule is CCN1CCCC(CN)(NN2CCOCC2)CC1. The number of nitrogens with two attached hydrogens (primary N) is 1. The van der Waals surface area contributed by atoms with E-state index in [1.165, 1.54) is 19.4 Å². The van der Waals surface area contributed by atoms with Crippen LogP contribution in [-0.2, 0) is 4.74 Å². The van der Waals surface area contributed by atoms with Gasteiger partial charge >= 0.3 is 0 Å². The van der Waals surface area contributed by atoms with Crippen LogP contribution in [-0.4, -0.2) is 67.9 Å². The number of rotatable bonds is 4. The molecule has 2 aliphatic rings. The Balaban J connectivity index is 1.91. The first kappa shape index (κ1) is 14.2. The summed E-state index contributed by atoms with van der Waals surface area (Å²) in [5.41, 5.74) is 9.88. The molecule has 0 aliphatic carbocycles. The van der Waals surface area contributed by atoms with Gasteiger partial charge in [-0.1, -0.05) is 6.92 Å². The van der Waals surface area contributed by atoms with Gasteiger partial charge in [-0.25, -0.2) is 10.4 Å². The van der Waals surface area contributed by atoms with E-state index in [1.807, 2.05) is 0 Å². The van der Waals surface area contributed by atoms with E-state index in [4.69, 9.17) is 10.5 Å². The number of nitrogens with one attached hydrogen (secondary N) is 1. The molecule has 0 spiro atoms. The second kappa shape index (κ2) is 6.82. The molecule has 5 heteroatoms. The van der Waals surface area contributed by atoms with E-state index >= 15 is 0 Å². The van der Waals surface area contributed by atoms with Crippen molar-refractivity contribution in [2.75, 3.05) is 52.5 Å². The normalized spacial score (nSPS) is 32.3. The van der Waals surface area contributed by atoms with Crippen LogP contribution in [0.3, 0.4) is 0 Å². The quantitative estimate of drug-likeness (QED) is 0.743. The van der Waals surface area contributed by atoms with E-state index in [2.05, 4.69) is 22.3 Å². The lowest BCUT2D eigenvalue weighted by molar-refractivity contribution is -0.0143. The number of hydrogen-bond donors (Lipinski definition) is 2. The summed E-state index contributed by atoms with van der Waals surface area (Å²) in [6.45, 7) is 10.1. The van der Waals surface area contributed by atoms with Crippen molar-refractivity contribution in [3.05, 3.63) is 0 Å². The van der Waals surface area contributed by atoms with Crippen LogP contribution in [0.15, 0.2) is 0 Å². The van der Waals surface area contributed by atoms with Crippen molar-refractivity contribution < 1.29 is 4.74 Å². The van der Waals surface area contributed by atoms with E-state index in [0.29, 0.717) is 0 Å². The highest BCUT2D eigenvalue weighted by Crippen LogP contribution is 2.22. The van der Waals surface area contributed by atoms with Crippen molar-refractivity contribution in [1.29, 1.82) is 0 Å². The van der Waals surface area contributed by atoms with Gasteiger partial charge in [0, 0.05) is 25.2 Å². The molecule has 1 atom stereocenters. The lowest BCUT2D eigenvalue weighted by Gasteiger charge is -2.40. The molecule has 0 aromatic rings. The van der Waals surface area contributed by atoms with Gasteiger partial charge in [-0.05, 0) is 38.9 Å². The van der Waals surface area contributed by atoms with Gasteiger partial charge in [-0.15, -0.1) is 0 Å². The molecule has 2 aliphatic heterocycles. The van der Waals surface area contributed by atoms with Crippen molar-refractivity contribution in [1.82, 2.24) is 15.3 Å². The Bertz CT molecular complexity index is 245. The lowest BCUT2D eigenvalue weighted by atomic mass is 9.91.